The minimum absolute atomic E-state index is 0.120. The van der Waals surface area contributed by atoms with Crippen molar-refractivity contribution in [1.82, 2.24) is 4.90 Å². The van der Waals surface area contributed by atoms with Crippen LogP contribution in [0.1, 0.15) is 20.3 Å². The third-order valence-corrected chi connectivity index (χ3v) is 4.46. The van der Waals surface area contributed by atoms with E-state index >= 15 is 0 Å². The van der Waals surface area contributed by atoms with E-state index < -0.39 is 0 Å². The van der Waals surface area contributed by atoms with E-state index in [2.05, 4.69) is 24.5 Å². The van der Waals surface area contributed by atoms with Gasteiger partial charge >= 0.3 is 0 Å². The first-order valence-electron chi connectivity index (χ1n) is 9.99. The van der Waals surface area contributed by atoms with E-state index in [1.807, 2.05) is 29.2 Å². The van der Waals surface area contributed by atoms with Crippen LogP contribution in [0.4, 0.5) is 11.4 Å². The molecule has 0 aliphatic carbocycles. The van der Waals surface area contributed by atoms with Gasteiger partial charge in [0.2, 0.25) is 11.8 Å². The summed E-state index contributed by atoms with van der Waals surface area (Å²) in [5.41, 5.74) is 1.31. The predicted molar refractivity (Wildman–Crippen MR) is 119 cm³/mol. The average molecular weight is 414 g/mol. The minimum atomic E-state index is -0.179. The second-order valence-corrected chi connectivity index (χ2v) is 7.45. The highest BCUT2D eigenvalue weighted by atomic mass is 16.5. The van der Waals surface area contributed by atoms with Gasteiger partial charge in [-0.05, 0) is 43.1 Å². The summed E-state index contributed by atoms with van der Waals surface area (Å²) in [6.07, 6.45) is 0.888. The van der Waals surface area contributed by atoms with Gasteiger partial charge in [-0.3, -0.25) is 14.5 Å². The SMILES string of the molecule is COc1cccc(NC(=O)CN(CCC(C)C)CC(=O)Nc2cccc(OC)c2)c1. The molecule has 2 rings (SSSR count). The second kappa shape index (κ2) is 11.8. The van der Waals surface area contributed by atoms with Gasteiger partial charge in [0.05, 0.1) is 27.3 Å². The quantitative estimate of drug-likeness (QED) is 0.588. The van der Waals surface area contributed by atoms with Gasteiger partial charge in [-0.15, -0.1) is 0 Å². The Bertz CT molecular complexity index is 775. The Hall–Kier alpha value is -3.06. The summed E-state index contributed by atoms with van der Waals surface area (Å²) in [5, 5.41) is 5.73. The van der Waals surface area contributed by atoms with Crippen LogP contribution < -0.4 is 20.1 Å². The monoisotopic (exact) mass is 413 g/mol. The number of hydrogen-bond acceptors (Lipinski definition) is 5. The zero-order chi connectivity index (χ0) is 21.9. The van der Waals surface area contributed by atoms with Gasteiger partial charge in [-0.25, -0.2) is 0 Å². The number of anilines is 2. The molecule has 0 atom stereocenters. The third kappa shape index (κ3) is 8.13. The van der Waals surface area contributed by atoms with Crippen molar-refractivity contribution in [2.24, 2.45) is 5.92 Å². The van der Waals surface area contributed by atoms with Gasteiger partial charge in [0.25, 0.3) is 0 Å². The maximum absolute atomic E-state index is 12.5. The molecule has 0 aliphatic rings. The Balaban J connectivity index is 1.97. The molecule has 0 heterocycles. The lowest BCUT2D eigenvalue weighted by atomic mass is 10.1. The Labute approximate surface area is 178 Å². The van der Waals surface area contributed by atoms with Crippen molar-refractivity contribution in [3.8, 4) is 11.5 Å². The summed E-state index contributed by atoms with van der Waals surface area (Å²) < 4.78 is 10.4. The van der Waals surface area contributed by atoms with Crippen LogP contribution in [-0.2, 0) is 9.59 Å². The lowest BCUT2D eigenvalue weighted by Crippen LogP contribution is -2.39. The first-order valence-corrected chi connectivity index (χ1v) is 9.99. The van der Waals surface area contributed by atoms with Crippen molar-refractivity contribution in [3.63, 3.8) is 0 Å². The molecular formula is C23H31N3O4. The lowest BCUT2D eigenvalue weighted by molar-refractivity contribution is -0.120. The van der Waals surface area contributed by atoms with E-state index in [-0.39, 0.29) is 24.9 Å². The molecular weight excluding hydrogens is 382 g/mol. The molecule has 2 amide bonds. The van der Waals surface area contributed by atoms with Crippen LogP contribution in [0.5, 0.6) is 11.5 Å². The van der Waals surface area contributed by atoms with Gasteiger partial charge < -0.3 is 20.1 Å². The van der Waals surface area contributed by atoms with Crippen LogP contribution >= 0.6 is 0 Å². The number of amides is 2. The first-order chi connectivity index (χ1) is 14.4. The van der Waals surface area contributed by atoms with Crippen molar-refractivity contribution in [1.29, 1.82) is 0 Å². The molecule has 0 radical (unpaired) electrons. The fourth-order valence-electron chi connectivity index (χ4n) is 2.86. The predicted octanol–water partition coefficient (Wildman–Crippen LogP) is 3.63. The van der Waals surface area contributed by atoms with Crippen LogP contribution in [0.3, 0.4) is 0 Å². The van der Waals surface area contributed by atoms with Gasteiger partial charge in [0.15, 0.2) is 0 Å². The summed E-state index contributed by atoms with van der Waals surface area (Å²) >= 11 is 0. The van der Waals surface area contributed by atoms with E-state index in [0.29, 0.717) is 35.3 Å². The summed E-state index contributed by atoms with van der Waals surface area (Å²) in [5.74, 6) is 1.45. The Morgan fingerprint density at radius 2 is 1.33 bits per heavy atom. The summed E-state index contributed by atoms with van der Waals surface area (Å²) in [7, 11) is 3.16. The molecule has 2 N–H and O–H groups in total. The van der Waals surface area contributed by atoms with Crippen LogP contribution in [0.15, 0.2) is 48.5 Å². The number of rotatable bonds is 11. The second-order valence-electron chi connectivity index (χ2n) is 7.45. The molecule has 0 aromatic heterocycles. The standard InChI is InChI=1S/C23H31N3O4/c1-17(2)11-12-26(15-22(27)24-18-7-5-9-20(13-18)29-3)16-23(28)25-19-8-6-10-21(14-19)30-4/h5-10,13-14,17H,11-12,15-16H2,1-4H3,(H,24,27)(H,25,28). The average Bonchev–Trinajstić information content (AvgIpc) is 2.72. The molecule has 2 aromatic carbocycles. The van der Waals surface area contributed by atoms with Gasteiger partial charge in [0.1, 0.15) is 11.5 Å². The molecule has 0 saturated carbocycles. The summed E-state index contributed by atoms with van der Waals surface area (Å²) in [6.45, 7) is 5.12. The summed E-state index contributed by atoms with van der Waals surface area (Å²) in [4.78, 5) is 26.9. The molecule has 0 aliphatic heterocycles. The molecule has 30 heavy (non-hydrogen) atoms. The molecule has 7 heteroatoms. The zero-order valence-electron chi connectivity index (χ0n) is 18.1. The number of hydrogen-bond donors (Lipinski definition) is 2. The Morgan fingerprint density at radius 1 is 0.867 bits per heavy atom. The topological polar surface area (TPSA) is 79.9 Å². The molecule has 0 unspecified atom stereocenters. The fourth-order valence-corrected chi connectivity index (χ4v) is 2.86. The van der Waals surface area contributed by atoms with Crippen LogP contribution in [0, 0.1) is 5.92 Å². The number of nitrogens with one attached hydrogen (secondary N) is 2. The fraction of sp³-hybridized carbons (Fsp3) is 0.391. The number of methoxy groups -OCH3 is 2. The number of carbonyl (C=O) groups is 2. The maximum atomic E-state index is 12.5. The molecule has 2 aromatic rings. The van der Waals surface area contributed by atoms with Crippen molar-refractivity contribution < 1.29 is 19.1 Å². The molecule has 7 nitrogen and oxygen atoms in total. The van der Waals surface area contributed by atoms with E-state index in [0.717, 1.165) is 6.42 Å². The van der Waals surface area contributed by atoms with Crippen molar-refractivity contribution in [2.45, 2.75) is 20.3 Å². The number of nitrogens with zero attached hydrogens (tertiary/aromatic N) is 1. The zero-order valence-corrected chi connectivity index (χ0v) is 18.1. The van der Waals surface area contributed by atoms with E-state index in [1.54, 1.807) is 38.5 Å². The first kappa shape index (κ1) is 23.2. The number of carbonyl (C=O) groups excluding carboxylic acids is 2. The largest absolute Gasteiger partial charge is 0.497 e. The van der Waals surface area contributed by atoms with Crippen molar-refractivity contribution in [2.75, 3.05) is 44.5 Å². The molecule has 0 bridgehead atoms. The van der Waals surface area contributed by atoms with Crippen LogP contribution in [-0.4, -0.2) is 50.6 Å². The minimum Gasteiger partial charge on any atom is -0.497 e. The third-order valence-electron chi connectivity index (χ3n) is 4.46. The van der Waals surface area contributed by atoms with Crippen molar-refractivity contribution >= 4 is 23.2 Å². The highest BCUT2D eigenvalue weighted by Gasteiger charge is 2.16. The number of benzene rings is 2. The van der Waals surface area contributed by atoms with Gasteiger partial charge in [-0.2, -0.15) is 0 Å². The highest BCUT2D eigenvalue weighted by Crippen LogP contribution is 2.18. The van der Waals surface area contributed by atoms with E-state index in [4.69, 9.17) is 9.47 Å². The smallest absolute Gasteiger partial charge is 0.238 e. The number of ether oxygens (including phenoxy) is 2. The maximum Gasteiger partial charge on any atom is 0.238 e. The van der Waals surface area contributed by atoms with Gasteiger partial charge in [-0.1, -0.05) is 26.0 Å². The van der Waals surface area contributed by atoms with Crippen LogP contribution in [0.25, 0.3) is 0 Å². The van der Waals surface area contributed by atoms with Gasteiger partial charge in [0, 0.05) is 23.5 Å². The Kier molecular flexibility index (Phi) is 9.15. The molecule has 162 valence electrons. The normalized spacial score (nSPS) is 10.7. The highest BCUT2D eigenvalue weighted by molar-refractivity contribution is 5.94. The molecule has 0 spiro atoms. The molecule has 0 fully saturated rings. The van der Waals surface area contributed by atoms with E-state index in [1.165, 1.54) is 0 Å². The lowest BCUT2D eigenvalue weighted by Gasteiger charge is -2.22. The van der Waals surface area contributed by atoms with Crippen molar-refractivity contribution in [3.05, 3.63) is 48.5 Å². The summed E-state index contributed by atoms with van der Waals surface area (Å²) in [6, 6.07) is 14.4. The van der Waals surface area contributed by atoms with E-state index in [9.17, 15) is 9.59 Å². The van der Waals surface area contributed by atoms with Crippen LogP contribution in [0.2, 0.25) is 0 Å². The molecule has 0 saturated heterocycles. The Morgan fingerprint density at radius 3 is 1.73 bits per heavy atom.